The fraction of sp³-hybridized carbons (Fsp3) is 0.421. The van der Waals surface area contributed by atoms with Crippen molar-refractivity contribution in [2.45, 2.75) is 46.3 Å². The lowest BCUT2D eigenvalue weighted by Crippen LogP contribution is -2.34. The average Bonchev–Trinajstić information content (AvgIpc) is 3.03. The summed E-state index contributed by atoms with van der Waals surface area (Å²) < 4.78 is 10.3. The second kappa shape index (κ2) is 8.31. The standard InChI is InChI=1S/C19H24N2O4S/c1-6-24-17(22)15-16(26-11-20-15)14-9-7-13(8-10-14)12(2)21-18(23)25-19(3,4)5/h7-12H,6H2,1-5H3,(H,21,23). The van der Waals surface area contributed by atoms with Gasteiger partial charge in [-0.1, -0.05) is 24.3 Å². The van der Waals surface area contributed by atoms with Crippen molar-refractivity contribution in [2.75, 3.05) is 6.61 Å². The quantitative estimate of drug-likeness (QED) is 0.773. The largest absolute Gasteiger partial charge is 0.461 e. The van der Waals surface area contributed by atoms with Crippen LogP contribution in [-0.2, 0) is 9.47 Å². The average molecular weight is 376 g/mol. The highest BCUT2D eigenvalue weighted by molar-refractivity contribution is 7.13. The molecule has 0 spiro atoms. The lowest BCUT2D eigenvalue weighted by Gasteiger charge is -2.22. The number of hydrogen-bond donors (Lipinski definition) is 1. The molecule has 0 radical (unpaired) electrons. The summed E-state index contributed by atoms with van der Waals surface area (Å²) in [5.74, 6) is -0.423. The molecule has 1 aromatic heterocycles. The molecule has 2 rings (SSSR count). The molecule has 1 N–H and O–H groups in total. The minimum absolute atomic E-state index is 0.204. The van der Waals surface area contributed by atoms with Crippen molar-refractivity contribution in [1.29, 1.82) is 0 Å². The van der Waals surface area contributed by atoms with Crippen LogP contribution < -0.4 is 5.32 Å². The molecule has 2 aromatic rings. The minimum atomic E-state index is -0.538. The van der Waals surface area contributed by atoms with Gasteiger partial charge in [0.25, 0.3) is 0 Å². The first kappa shape index (κ1) is 19.9. The molecule has 1 amide bonds. The van der Waals surface area contributed by atoms with Gasteiger partial charge in [-0.15, -0.1) is 11.3 Å². The zero-order valence-electron chi connectivity index (χ0n) is 15.7. The summed E-state index contributed by atoms with van der Waals surface area (Å²) in [5, 5.41) is 2.81. The number of carbonyl (C=O) groups excluding carboxylic acids is 2. The van der Waals surface area contributed by atoms with E-state index in [1.165, 1.54) is 11.3 Å². The van der Waals surface area contributed by atoms with Crippen LogP contribution in [-0.4, -0.2) is 29.3 Å². The Labute approximate surface area is 157 Å². The third kappa shape index (κ3) is 5.29. The smallest absolute Gasteiger partial charge is 0.408 e. The zero-order chi connectivity index (χ0) is 19.3. The molecule has 0 saturated heterocycles. The maximum Gasteiger partial charge on any atom is 0.408 e. The highest BCUT2D eigenvalue weighted by Gasteiger charge is 2.20. The van der Waals surface area contributed by atoms with Crippen LogP contribution in [0.2, 0.25) is 0 Å². The predicted molar refractivity (Wildman–Crippen MR) is 101 cm³/mol. The lowest BCUT2D eigenvalue weighted by atomic mass is 10.0. The first-order valence-electron chi connectivity index (χ1n) is 8.41. The van der Waals surface area contributed by atoms with E-state index in [4.69, 9.17) is 9.47 Å². The molecule has 140 valence electrons. The molecule has 0 aliphatic rings. The van der Waals surface area contributed by atoms with Gasteiger partial charge in [0.2, 0.25) is 0 Å². The van der Waals surface area contributed by atoms with Crippen LogP contribution in [0.1, 0.15) is 56.7 Å². The molecule has 0 saturated carbocycles. The Kier molecular flexibility index (Phi) is 6.37. The number of thiazole rings is 1. The molecule has 7 heteroatoms. The van der Waals surface area contributed by atoms with Gasteiger partial charge in [-0.25, -0.2) is 14.6 Å². The van der Waals surface area contributed by atoms with Crippen molar-refractivity contribution in [1.82, 2.24) is 10.3 Å². The molecule has 0 aliphatic carbocycles. The number of carbonyl (C=O) groups is 2. The Morgan fingerprint density at radius 1 is 1.23 bits per heavy atom. The fourth-order valence-electron chi connectivity index (χ4n) is 2.29. The number of rotatable bonds is 5. The normalized spacial score (nSPS) is 12.3. The van der Waals surface area contributed by atoms with Gasteiger partial charge in [-0.2, -0.15) is 0 Å². The highest BCUT2D eigenvalue weighted by Crippen LogP contribution is 2.29. The molecule has 0 bridgehead atoms. The van der Waals surface area contributed by atoms with Crippen LogP contribution >= 0.6 is 11.3 Å². The fourth-order valence-corrected chi connectivity index (χ4v) is 3.07. The molecular weight excluding hydrogens is 352 g/mol. The van der Waals surface area contributed by atoms with Crippen molar-refractivity contribution in [2.24, 2.45) is 0 Å². The van der Waals surface area contributed by atoms with E-state index in [1.807, 2.05) is 52.0 Å². The Morgan fingerprint density at radius 2 is 1.88 bits per heavy atom. The van der Waals surface area contributed by atoms with Crippen molar-refractivity contribution < 1.29 is 19.1 Å². The van der Waals surface area contributed by atoms with Crippen LogP contribution in [0, 0.1) is 0 Å². The second-order valence-electron chi connectivity index (χ2n) is 6.74. The van der Waals surface area contributed by atoms with Crippen LogP contribution in [0.25, 0.3) is 10.4 Å². The molecule has 1 heterocycles. The predicted octanol–water partition coefficient (Wildman–Crippen LogP) is 4.57. The van der Waals surface area contributed by atoms with E-state index >= 15 is 0 Å². The van der Waals surface area contributed by atoms with Gasteiger partial charge in [0.1, 0.15) is 5.60 Å². The van der Waals surface area contributed by atoms with Gasteiger partial charge in [0, 0.05) is 0 Å². The third-order valence-corrected chi connectivity index (χ3v) is 4.32. The van der Waals surface area contributed by atoms with E-state index in [0.717, 1.165) is 16.0 Å². The van der Waals surface area contributed by atoms with E-state index in [2.05, 4.69) is 10.3 Å². The van der Waals surface area contributed by atoms with Crippen molar-refractivity contribution in [3.05, 3.63) is 41.0 Å². The summed E-state index contributed by atoms with van der Waals surface area (Å²) in [5.41, 5.74) is 3.22. The molecule has 26 heavy (non-hydrogen) atoms. The van der Waals surface area contributed by atoms with Gasteiger partial charge in [-0.05, 0) is 45.7 Å². The van der Waals surface area contributed by atoms with E-state index in [-0.39, 0.29) is 6.04 Å². The Balaban J connectivity index is 2.10. The maximum atomic E-state index is 12.0. The number of amides is 1. The molecular formula is C19H24N2O4S. The number of hydrogen-bond acceptors (Lipinski definition) is 6. The Bertz CT molecular complexity index is 763. The molecule has 1 atom stereocenters. The van der Waals surface area contributed by atoms with Gasteiger partial charge in [0.15, 0.2) is 5.69 Å². The Morgan fingerprint density at radius 3 is 2.46 bits per heavy atom. The number of nitrogens with one attached hydrogen (secondary N) is 1. The summed E-state index contributed by atoms with van der Waals surface area (Å²) in [4.78, 5) is 28.7. The summed E-state index contributed by atoms with van der Waals surface area (Å²) in [6.07, 6.45) is -0.457. The van der Waals surface area contributed by atoms with Crippen LogP contribution in [0.4, 0.5) is 4.79 Å². The van der Waals surface area contributed by atoms with Gasteiger partial charge in [-0.3, -0.25) is 0 Å². The first-order chi connectivity index (χ1) is 12.2. The number of alkyl carbamates (subject to hydrolysis) is 1. The summed E-state index contributed by atoms with van der Waals surface area (Å²) in [7, 11) is 0. The third-order valence-electron chi connectivity index (χ3n) is 3.44. The lowest BCUT2D eigenvalue weighted by molar-refractivity contribution is 0.0502. The van der Waals surface area contributed by atoms with Crippen molar-refractivity contribution in [3.8, 4) is 10.4 Å². The maximum absolute atomic E-state index is 12.0. The highest BCUT2D eigenvalue weighted by atomic mass is 32.1. The molecule has 0 aliphatic heterocycles. The first-order valence-corrected chi connectivity index (χ1v) is 9.29. The van der Waals surface area contributed by atoms with E-state index in [0.29, 0.717) is 12.3 Å². The van der Waals surface area contributed by atoms with Gasteiger partial charge >= 0.3 is 12.1 Å². The van der Waals surface area contributed by atoms with Crippen molar-refractivity contribution >= 4 is 23.4 Å². The van der Waals surface area contributed by atoms with Crippen LogP contribution in [0.5, 0.6) is 0 Å². The number of ether oxygens (including phenoxy) is 2. The minimum Gasteiger partial charge on any atom is -0.461 e. The van der Waals surface area contributed by atoms with Crippen LogP contribution in [0.15, 0.2) is 29.8 Å². The molecule has 6 nitrogen and oxygen atoms in total. The second-order valence-corrected chi connectivity index (χ2v) is 7.60. The number of benzene rings is 1. The summed E-state index contributed by atoms with van der Waals surface area (Å²) in [6.45, 7) is 9.42. The number of esters is 1. The van der Waals surface area contributed by atoms with Gasteiger partial charge < -0.3 is 14.8 Å². The number of nitrogens with zero attached hydrogens (tertiary/aromatic N) is 1. The molecule has 1 aromatic carbocycles. The van der Waals surface area contributed by atoms with Crippen molar-refractivity contribution in [3.63, 3.8) is 0 Å². The topological polar surface area (TPSA) is 77.5 Å². The molecule has 0 fully saturated rings. The summed E-state index contributed by atoms with van der Waals surface area (Å²) >= 11 is 1.39. The SMILES string of the molecule is CCOC(=O)c1ncsc1-c1ccc(C(C)NC(=O)OC(C)(C)C)cc1. The summed E-state index contributed by atoms with van der Waals surface area (Å²) in [6, 6.07) is 7.42. The van der Waals surface area contributed by atoms with E-state index in [9.17, 15) is 9.59 Å². The number of aromatic nitrogens is 1. The van der Waals surface area contributed by atoms with E-state index < -0.39 is 17.7 Å². The van der Waals surface area contributed by atoms with E-state index in [1.54, 1.807) is 12.4 Å². The monoisotopic (exact) mass is 376 g/mol. The Hall–Kier alpha value is -2.41. The molecule has 1 unspecified atom stereocenters. The van der Waals surface area contributed by atoms with Crippen LogP contribution in [0.3, 0.4) is 0 Å². The van der Waals surface area contributed by atoms with Gasteiger partial charge in [0.05, 0.1) is 23.0 Å². The zero-order valence-corrected chi connectivity index (χ0v) is 16.5.